The van der Waals surface area contributed by atoms with Crippen LogP contribution in [0.5, 0.6) is 0 Å². The first-order valence-corrected chi connectivity index (χ1v) is 7.58. The Morgan fingerprint density at radius 2 is 1.64 bits per heavy atom. The number of hydrogen-bond acceptors (Lipinski definition) is 1. The van der Waals surface area contributed by atoms with Gasteiger partial charge in [-0.1, -0.05) is 35.9 Å². The Bertz CT molecular complexity index is 625. The molecule has 0 N–H and O–H groups in total. The Balaban J connectivity index is 1.94. The standard InChI is InChI=1S/C18H19ClFNO/c1-13(11-14-3-7-16(19)8-4-14)21(2)18(22)12-15-5-9-17(20)10-6-15/h3-10,13H,11-12H2,1-2H3. The van der Waals surface area contributed by atoms with Crippen LogP contribution in [0.1, 0.15) is 18.1 Å². The maximum Gasteiger partial charge on any atom is 0.226 e. The highest BCUT2D eigenvalue weighted by Crippen LogP contribution is 2.14. The average Bonchev–Trinajstić information content (AvgIpc) is 2.51. The van der Waals surface area contributed by atoms with Crippen LogP contribution in [0.4, 0.5) is 4.39 Å². The second-order valence-electron chi connectivity index (χ2n) is 5.49. The van der Waals surface area contributed by atoms with Gasteiger partial charge in [0.2, 0.25) is 5.91 Å². The lowest BCUT2D eigenvalue weighted by Gasteiger charge is -2.25. The van der Waals surface area contributed by atoms with E-state index in [1.165, 1.54) is 12.1 Å². The van der Waals surface area contributed by atoms with Gasteiger partial charge in [0, 0.05) is 18.1 Å². The van der Waals surface area contributed by atoms with Crippen LogP contribution in [0.25, 0.3) is 0 Å². The summed E-state index contributed by atoms with van der Waals surface area (Å²) in [5, 5.41) is 0.706. The summed E-state index contributed by atoms with van der Waals surface area (Å²) in [6.07, 6.45) is 1.05. The van der Waals surface area contributed by atoms with Gasteiger partial charge >= 0.3 is 0 Å². The van der Waals surface area contributed by atoms with Crippen molar-refractivity contribution >= 4 is 17.5 Å². The molecule has 2 nitrogen and oxygen atoms in total. The number of carbonyl (C=O) groups is 1. The molecule has 2 rings (SSSR count). The summed E-state index contributed by atoms with van der Waals surface area (Å²) < 4.78 is 12.9. The first-order valence-electron chi connectivity index (χ1n) is 7.20. The normalized spacial score (nSPS) is 12.0. The molecule has 1 amide bonds. The summed E-state index contributed by atoms with van der Waals surface area (Å²) in [6.45, 7) is 2.01. The molecule has 2 aromatic carbocycles. The van der Waals surface area contributed by atoms with Crippen molar-refractivity contribution in [3.05, 3.63) is 70.5 Å². The minimum Gasteiger partial charge on any atom is -0.342 e. The summed E-state index contributed by atoms with van der Waals surface area (Å²) in [5.41, 5.74) is 1.95. The summed E-state index contributed by atoms with van der Waals surface area (Å²) in [6, 6.07) is 13.8. The molecule has 0 aliphatic heterocycles. The molecule has 4 heteroatoms. The van der Waals surface area contributed by atoms with Crippen LogP contribution in [0.15, 0.2) is 48.5 Å². The number of carbonyl (C=O) groups excluding carboxylic acids is 1. The maximum atomic E-state index is 12.9. The fraction of sp³-hybridized carbons (Fsp3) is 0.278. The zero-order valence-electron chi connectivity index (χ0n) is 12.7. The maximum absolute atomic E-state index is 12.9. The third-order valence-corrected chi connectivity index (χ3v) is 4.02. The van der Waals surface area contributed by atoms with Gasteiger partial charge in [-0.25, -0.2) is 4.39 Å². The molecule has 1 unspecified atom stereocenters. The number of hydrogen-bond donors (Lipinski definition) is 0. The van der Waals surface area contributed by atoms with Gasteiger partial charge in [0.15, 0.2) is 0 Å². The molecule has 0 aromatic heterocycles. The minimum absolute atomic E-state index is 0.0214. The minimum atomic E-state index is -0.291. The highest BCUT2D eigenvalue weighted by atomic mass is 35.5. The van der Waals surface area contributed by atoms with E-state index >= 15 is 0 Å². The van der Waals surface area contributed by atoms with Crippen LogP contribution in [0, 0.1) is 5.82 Å². The van der Waals surface area contributed by atoms with Gasteiger partial charge in [-0.05, 0) is 48.7 Å². The van der Waals surface area contributed by atoms with Crippen molar-refractivity contribution in [2.24, 2.45) is 0 Å². The van der Waals surface area contributed by atoms with Crippen LogP contribution in [-0.2, 0) is 17.6 Å². The highest BCUT2D eigenvalue weighted by Gasteiger charge is 2.16. The van der Waals surface area contributed by atoms with Gasteiger partial charge in [0.25, 0.3) is 0 Å². The molecule has 0 aliphatic rings. The zero-order chi connectivity index (χ0) is 16.1. The van der Waals surface area contributed by atoms with E-state index in [1.54, 1.807) is 24.1 Å². The van der Waals surface area contributed by atoms with Crippen molar-refractivity contribution in [2.45, 2.75) is 25.8 Å². The van der Waals surface area contributed by atoms with Crippen molar-refractivity contribution in [1.29, 1.82) is 0 Å². The third kappa shape index (κ3) is 4.57. The lowest BCUT2D eigenvalue weighted by Crippen LogP contribution is -2.37. The second-order valence-corrected chi connectivity index (χ2v) is 5.92. The highest BCUT2D eigenvalue weighted by molar-refractivity contribution is 6.30. The van der Waals surface area contributed by atoms with Gasteiger partial charge in [0.1, 0.15) is 5.82 Å². The number of benzene rings is 2. The summed E-state index contributed by atoms with van der Waals surface area (Å²) in [4.78, 5) is 14.0. The number of rotatable bonds is 5. The van der Waals surface area contributed by atoms with Gasteiger partial charge in [-0.15, -0.1) is 0 Å². The van der Waals surface area contributed by atoms with E-state index in [4.69, 9.17) is 11.6 Å². The molecule has 0 fully saturated rings. The fourth-order valence-electron chi connectivity index (χ4n) is 2.25. The van der Waals surface area contributed by atoms with Crippen LogP contribution in [0.3, 0.4) is 0 Å². The van der Waals surface area contributed by atoms with E-state index in [9.17, 15) is 9.18 Å². The topological polar surface area (TPSA) is 20.3 Å². The monoisotopic (exact) mass is 319 g/mol. The summed E-state index contributed by atoms with van der Waals surface area (Å²) in [7, 11) is 1.80. The van der Waals surface area contributed by atoms with E-state index in [0.717, 1.165) is 17.5 Å². The fourth-order valence-corrected chi connectivity index (χ4v) is 2.37. The molecule has 22 heavy (non-hydrogen) atoms. The first kappa shape index (κ1) is 16.5. The quantitative estimate of drug-likeness (QED) is 0.812. The van der Waals surface area contributed by atoms with E-state index in [0.29, 0.717) is 5.02 Å². The van der Waals surface area contributed by atoms with Gasteiger partial charge < -0.3 is 4.90 Å². The van der Waals surface area contributed by atoms with Crippen molar-refractivity contribution in [3.63, 3.8) is 0 Å². The van der Waals surface area contributed by atoms with Crippen molar-refractivity contribution in [1.82, 2.24) is 4.90 Å². The zero-order valence-corrected chi connectivity index (χ0v) is 13.5. The van der Waals surface area contributed by atoms with Gasteiger partial charge in [-0.3, -0.25) is 4.79 Å². The van der Waals surface area contributed by atoms with E-state index in [-0.39, 0.29) is 24.2 Å². The van der Waals surface area contributed by atoms with Gasteiger partial charge in [-0.2, -0.15) is 0 Å². The molecule has 116 valence electrons. The molecule has 0 heterocycles. The van der Waals surface area contributed by atoms with Crippen molar-refractivity contribution < 1.29 is 9.18 Å². The molecule has 0 saturated carbocycles. The largest absolute Gasteiger partial charge is 0.342 e. The van der Waals surface area contributed by atoms with Crippen LogP contribution in [0.2, 0.25) is 5.02 Å². The Hall–Kier alpha value is -1.87. The third-order valence-electron chi connectivity index (χ3n) is 3.77. The Labute approximate surface area is 135 Å². The predicted octanol–water partition coefficient (Wildman–Crippen LogP) is 4.11. The summed E-state index contributed by atoms with van der Waals surface area (Å²) >= 11 is 5.87. The molecule has 0 bridgehead atoms. The first-order chi connectivity index (χ1) is 10.5. The van der Waals surface area contributed by atoms with Crippen LogP contribution in [-0.4, -0.2) is 23.9 Å². The molecule has 2 aromatic rings. The second kappa shape index (κ2) is 7.41. The summed E-state index contributed by atoms with van der Waals surface area (Å²) in [5.74, 6) is -0.270. The van der Waals surface area contributed by atoms with Crippen molar-refractivity contribution in [3.8, 4) is 0 Å². The number of nitrogens with zero attached hydrogens (tertiary/aromatic N) is 1. The molecular weight excluding hydrogens is 301 g/mol. The smallest absolute Gasteiger partial charge is 0.226 e. The number of amides is 1. The average molecular weight is 320 g/mol. The number of halogens is 2. The molecule has 0 aliphatic carbocycles. The SMILES string of the molecule is CC(Cc1ccc(Cl)cc1)N(C)C(=O)Cc1ccc(F)cc1. The Morgan fingerprint density at radius 1 is 1.09 bits per heavy atom. The molecule has 0 radical (unpaired) electrons. The van der Waals surface area contributed by atoms with Gasteiger partial charge in [0.05, 0.1) is 6.42 Å². The lowest BCUT2D eigenvalue weighted by molar-refractivity contribution is -0.130. The van der Waals surface area contributed by atoms with Crippen LogP contribution < -0.4 is 0 Å². The Morgan fingerprint density at radius 3 is 2.23 bits per heavy atom. The van der Waals surface area contributed by atoms with Crippen molar-refractivity contribution in [2.75, 3.05) is 7.05 Å². The van der Waals surface area contributed by atoms with E-state index in [1.807, 2.05) is 31.2 Å². The van der Waals surface area contributed by atoms with Crippen LogP contribution >= 0.6 is 11.6 Å². The lowest BCUT2D eigenvalue weighted by atomic mass is 10.1. The molecule has 0 spiro atoms. The Kier molecular flexibility index (Phi) is 5.56. The molecular formula is C18H19ClFNO. The molecule has 0 saturated heterocycles. The number of likely N-dealkylation sites (N-methyl/N-ethyl adjacent to an activating group) is 1. The van der Waals surface area contributed by atoms with E-state index < -0.39 is 0 Å². The van der Waals surface area contributed by atoms with E-state index in [2.05, 4.69) is 0 Å². The molecule has 1 atom stereocenters. The predicted molar refractivity (Wildman–Crippen MR) is 87.5 cm³/mol.